The summed E-state index contributed by atoms with van der Waals surface area (Å²) in [6, 6.07) is 12.0. The minimum Gasteiger partial charge on any atom is -0.398 e. The summed E-state index contributed by atoms with van der Waals surface area (Å²) >= 11 is 0. The van der Waals surface area contributed by atoms with Gasteiger partial charge in [-0.3, -0.25) is 10.4 Å². The third kappa shape index (κ3) is 8.14. The minimum absolute atomic E-state index is 0.0376. The molecule has 2 aromatic rings. The Morgan fingerprint density at radius 3 is 2.26 bits per heavy atom. The van der Waals surface area contributed by atoms with Gasteiger partial charge in [0, 0.05) is 17.6 Å². The van der Waals surface area contributed by atoms with Crippen LogP contribution in [0, 0.1) is 11.3 Å². The summed E-state index contributed by atoms with van der Waals surface area (Å²) in [4.78, 5) is 4.46. The van der Waals surface area contributed by atoms with Gasteiger partial charge in [0.25, 0.3) is 0 Å². The van der Waals surface area contributed by atoms with Crippen LogP contribution in [-0.2, 0) is 6.42 Å². The fourth-order valence-electron chi connectivity index (χ4n) is 3.51. The van der Waals surface area contributed by atoms with Crippen LogP contribution in [0.3, 0.4) is 0 Å². The molecular weight excluding hydrogens is 442 g/mol. The highest BCUT2D eigenvalue weighted by Gasteiger charge is 2.31. The van der Waals surface area contributed by atoms with Gasteiger partial charge < -0.3 is 5.73 Å². The maximum absolute atomic E-state index is 13.6. The molecule has 1 aromatic carbocycles. The molecule has 3 nitrogen and oxygen atoms in total. The fourth-order valence-corrected chi connectivity index (χ4v) is 3.51. The lowest BCUT2D eigenvalue weighted by Crippen LogP contribution is -2.10. The summed E-state index contributed by atoms with van der Waals surface area (Å²) in [5.41, 5.74) is 8.06. The third-order valence-corrected chi connectivity index (χ3v) is 5.03. The van der Waals surface area contributed by atoms with Crippen molar-refractivity contribution in [3.63, 3.8) is 0 Å². The van der Waals surface area contributed by atoms with Crippen LogP contribution in [0.25, 0.3) is 11.1 Å². The number of pyridine rings is 1. The topological polar surface area (TPSA) is 62.8 Å². The van der Waals surface area contributed by atoms with Gasteiger partial charge in [-0.05, 0) is 53.2 Å². The molecule has 0 spiro atoms. The Morgan fingerprint density at radius 1 is 1.09 bits per heavy atom. The van der Waals surface area contributed by atoms with Crippen molar-refractivity contribution in [1.29, 1.82) is 5.41 Å². The van der Waals surface area contributed by atoms with E-state index in [2.05, 4.69) is 25.4 Å². The molecule has 0 aliphatic rings. The van der Waals surface area contributed by atoms with Crippen LogP contribution >= 0.6 is 0 Å². The summed E-state index contributed by atoms with van der Waals surface area (Å²) in [6.07, 6.45) is 0.946. The zero-order chi connectivity index (χ0) is 25.3. The van der Waals surface area contributed by atoms with Crippen LogP contribution < -0.4 is 5.73 Å². The summed E-state index contributed by atoms with van der Waals surface area (Å²) in [5, 5.41) is 7.13. The Bertz CT molecular complexity index is 1080. The van der Waals surface area contributed by atoms with E-state index in [1.165, 1.54) is 6.08 Å². The Morgan fingerprint density at radius 2 is 1.76 bits per heavy atom. The first kappa shape index (κ1) is 26.8. The van der Waals surface area contributed by atoms with E-state index in [4.69, 9.17) is 11.1 Å². The van der Waals surface area contributed by atoms with Crippen LogP contribution in [0.5, 0.6) is 0 Å². The maximum Gasteiger partial charge on any atom is 0.393 e. The van der Waals surface area contributed by atoms with Crippen molar-refractivity contribution in [3.8, 4) is 0 Å². The van der Waals surface area contributed by atoms with Crippen LogP contribution in [0.2, 0.25) is 0 Å². The molecular formula is C27H29F4N3. The molecule has 0 aliphatic heterocycles. The molecule has 0 radical (unpaired) electrons. The first-order valence-electron chi connectivity index (χ1n) is 10.8. The molecule has 34 heavy (non-hydrogen) atoms. The molecule has 0 saturated heterocycles. The van der Waals surface area contributed by atoms with Gasteiger partial charge in [-0.15, -0.1) is 0 Å². The standard InChI is InChI=1S/C27H29F4N3/c1-4-22(26(28)33)25(32)12-8-11-23(20-13-14-21(34-17-20)15-18(2)3)24(16-27(29,30)31)19-9-6-5-7-10-19/h4-10,12-14,17-18,33H,1,11,15-16,32H2,2-3H3/b12-8-,24-23-,25-22-,33-26?. The van der Waals surface area contributed by atoms with Gasteiger partial charge >= 0.3 is 6.18 Å². The Balaban J connectivity index is 2.62. The fraction of sp³-hybridized carbons (Fsp3) is 0.259. The van der Waals surface area contributed by atoms with Gasteiger partial charge in [-0.1, -0.05) is 69.0 Å². The molecule has 0 atom stereocenters. The van der Waals surface area contributed by atoms with Crippen molar-refractivity contribution >= 4 is 17.1 Å². The number of hydrogen-bond donors (Lipinski definition) is 2. The van der Waals surface area contributed by atoms with Crippen LogP contribution in [-0.4, -0.2) is 17.1 Å². The van der Waals surface area contributed by atoms with Gasteiger partial charge in [-0.2, -0.15) is 17.6 Å². The van der Waals surface area contributed by atoms with Crippen molar-refractivity contribution in [2.24, 2.45) is 11.7 Å². The number of nitrogens with zero attached hydrogens (tertiary/aromatic N) is 1. The van der Waals surface area contributed by atoms with E-state index in [0.29, 0.717) is 22.6 Å². The monoisotopic (exact) mass is 471 g/mol. The van der Waals surface area contributed by atoms with Crippen molar-refractivity contribution in [3.05, 3.63) is 102 Å². The molecule has 0 unspecified atom stereocenters. The van der Waals surface area contributed by atoms with Crippen LogP contribution in [0.4, 0.5) is 17.6 Å². The van der Waals surface area contributed by atoms with Crippen molar-refractivity contribution in [2.45, 2.75) is 39.3 Å². The average Bonchev–Trinajstić information content (AvgIpc) is 2.76. The highest BCUT2D eigenvalue weighted by molar-refractivity contribution is 5.94. The summed E-state index contributed by atoms with van der Waals surface area (Å²) < 4.78 is 54.1. The van der Waals surface area contributed by atoms with E-state index in [0.717, 1.165) is 18.2 Å². The normalized spacial score (nSPS) is 13.6. The molecule has 0 fully saturated rings. The Kier molecular flexibility index (Phi) is 9.54. The second-order valence-corrected chi connectivity index (χ2v) is 8.24. The lowest BCUT2D eigenvalue weighted by molar-refractivity contribution is -0.122. The molecule has 7 heteroatoms. The first-order chi connectivity index (χ1) is 16.0. The molecule has 0 bridgehead atoms. The predicted molar refractivity (Wildman–Crippen MR) is 131 cm³/mol. The number of nitrogens with one attached hydrogen (secondary N) is 1. The second kappa shape index (κ2) is 12.1. The average molecular weight is 472 g/mol. The Hall–Kier alpha value is -3.48. The quantitative estimate of drug-likeness (QED) is 0.215. The van der Waals surface area contributed by atoms with Crippen molar-refractivity contribution in [2.75, 3.05) is 0 Å². The number of hydrogen-bond acceptors (Lipinski definition) is 3. The lowest BCUT2D eigenvalue weighted by atomic mass is 9.90. The molecule has 0 aliphatic carbocycles. The smallest absolute Gasteiger partial charge is 0.393 e. The van der Waals surface area contributed by atoms with E-state index in [1.807, 2.05) is 6.07 Å². The van der Waals surface area contributed by atoms with E-state index in [-0.39, 0.29) is 23.3 Å². The largest absolute Gasteiger partial charge is 0.398 e. The number of alkyl halides is 3. The second-order valence-electron chi connectivity index (χ2n) is 8.24. The molecule has 180 valence electrons. The SMILES string of the molecule is C=C/C(C(=N)F)=C(N)\C=C/C/C(=C(\CC(F)(F)F)c1ccccc1)c1ccc(CC(C)C)nc1. The van der Waals surface area contributed by atoms with Crippen molar-refractivity contribution < 1.29 is 17.6 Å². The molecule has 0 amide bonds. The summed E-state index contributed by atoms with van der Waals surface area (Å²) in [7, 11) is 0. The number of benzene rings is 1. The molecule has 1 heterocycles. The molecule has 3 N–H and O–H groups in total. The molecule has 1 aromatic heterocycles. The number of allylic oxidation sites excluding steroid dienone is 6. The number of nitrogens with two attached hydrogens (primary N) is 1. The highest BCUT2D eigenvalue weighted by atomic mass is 19.4. The minimum atomic E-state index is -4.43. The zero-order valence-electron chi connectivity index (χ0n) is 19.3. The number of rotatable bonds is 10. The predicted octanol–water partition coefficient (Wildman–Crippen LogP) is 7.44. The number of aromatic nitrogens is 1. The maximum atomic E-state index is 13.6. The van der Waals surface area contributed by atoms with Gasteiger partial charge in [-0.25, -0.2) is 0 Å². The van der Waals surface area contributed by atoms with E-state index >= 15 is 0 Å². The summed E-state index contributed by atoms with van der Waals surface area (Å²) in [5.74, 6) is -0.843. The van der Waals surface area contributed by atoms with Crippen LogP contribution in [0.1, 0.15) is 43.5 Å². The van der Waals surface area contributed by atoms with Gasteiger partial charge in [0.15, 0.2) is 0 Å². The van der Waals surface area contributed by atoms with Gasteiger partial charge in [0.1, 0.15) is 0 Å². The third-order valence-electron chi connectivity index (χ3n) is 5.03. The van der Waals surface area contributed by atoms with Gasteiger partial charge in [0.2, 0.25) is 5.97 Å². The highest BCUT2D eigenvalue weighted by Crippen LogP contribution is 2.37. The lowest BCUT2D eigenvalue weighted by Gasteiger charge is -2.18. The van der Waals surface area contributed by atoms with E-state index < -0.39 is 18.6 Å². The Labute approximate surface area is 197 Å². The summed E-state index contributed by atoms with van der Waals surface area (Å²) in [6.45, 7) is 7.56. The van der Waals surface area contributed by atoms with E-state index in [1.54, 1.807) is 48.7 Å². The van der Waals surface area contributed by atoms with Crippen LogP contribution in [0.15, 0.2) is 84.7 Å². The molecule has 0 saturated carbocycles. The first-order valence-corrected chi connectivity index (χ1v) is 10.8. The zero-order valence-corrected chi connectivity index (χ0v) is 19.3. The van der Waals surface area contributed by atoms with E-state index in [9.17, 15) is 17.6 Å². The number of halogens is 4. The molecule has 2 rings (SSSR count). The van der Waals surface area contributed by atoms with Gasteiger partial charge in [0.05, 0.1) is 12.0 Å². The van der Waals surface area contributed by atoms with Crippen molar-refractivity contribution in [1.82, 2.24) is 4.98 Å².